The number of aliphatic hydroxyl groups excluding tert-OH is 1. The average molecular weight is 214 g/mol. The second kappa shape index (κ2) is 4.79. The van der Waals surface area contributed by atoms with Crippen LogP contribution in [0.25, 0.3) is 0 Å². The molecule has 0 saturated carbocycles. The Morgan fingerprint density at radius 1 is 1.60 bits per heavy atom. The Morgan fingerprint density at radius 3 is 2.27 bits per heavy atom. The molecule has 3 nitrogen and oxygen atoms in total. The van der Waals surface area contributed by atoms with E-state index in [1.54, 1.807) is 19.9 Å². The number of ether oxygens (including phenoxy) is 1. The van der Waals surface area contributed by atoms with Crippen LogP contribution in [0.5, 0.6) is 0 Å². The molecule has 0 unspecified atom stereocenters. The number of allylic oxidation sites excluding steroid dienone is 1. The topological polar surface area (TPSA) is 46.5 Å². The van der Waals surface area contributed by atoms with E-state index in [4.69, 9.17) is 4.74 Å². The van der Waals surface area contributed by atoms with Crippen molar-refractivity contribution in [3.8, 4) is 0 Å². The van der Waals surface area contributed by atoms with Gasteiger partial charge in [0.2, 0.25) is 0 Å². The quantitative estimate of drug-likeness (QED) is 0.563. The first-order valence-electron chi connectivity index (χ1n) is 5.20. The Morgan fingerprint density at radius 2 is 2.07 bits per heavy atom. The lowest BCUT2D eigenvalue weighted by atomic mass is 9.61. The Balaban J connectivity index is 5.46. The van der Waals surface area contributed by atoms with Gasteiger partial charge in [-0.25, -0.2) is 0 Å². The molecule has 3 heteroatoms. The maximum absolute atomic E-state index is 11.8. The molecule has 0 aliphatic heterocycles. The van der Waals surface area contributed by atoms with Gasteiger partial charge in [0.1, 0.15) is 0 Å². The van der Waals surface area contributed by atoms with Crippen molar-refractivity contribution in [1.82, 2.24) is 0 Å². The predicted molar refractivity (Wildman–Crippen MR) is 60.4 cm³/mol. The highest BCUT2D eigenvalue weighted by molar-refractivity contribution is 5.78. The zero-order valence-corrected chi connectivity index (χ0v) is 10.3. The SMILES string of the molecule is C=C[C@](C)(CC)[C@@](C)(C(=O)OC)[C@H](C)O. The highest BCUT2D eigenvalue weighted by Gasteiger charge is 2.51. The fourth-order valence-corrected chi connectivity index (χ4v) is 1.82. The maximum atomic E-state index is 11.8. The van der Waals surface area contributed by atoms with E-state index in [2.05, 4.69) is 6.58 Å². The summed E-state index contributed by atoms with van der Waals surface area (Å²) in [6.07, 6.45) is 1.65. The molecule has 0 aromatic heterocycles. The molecule has 0 bridgehead atoms. The van der Waals surface area contributed by atoms with Crippen LogP contribution in [0.3, 0.4) is 0 Å². The van der Waals surface area contributed by atoms with Crippen LogP contribution < -0.4 is 0 Å². The van der Waals surface area contributed by atoms with Crippen molar-refractivity contribution >= 4 is 5.97 Å². The monoisotopic (exact) mass is 214 g/mol. The van der Waals surface area contributed by atoms with E-state index in [-0.39, 0.29) is 0 Å². The van der Waals surface area contributed by atoms with Gasteiger partial charge in [-0.2, -0.15) is 0 Å². The van der Waals surface area contributed by atoms with E-state index < -0.39 is 22.9 Å². The third kappa shape index (κ3) is 2.07. The van der Waals surface area contributed by atoms with Crippen LogP contribution in [0.4, 0.5) is 0 Å². The standard InChI is InChI=1S/C12H22O3/c1-7-11(4,8-2)12(5,9(3)13)10(14)15-6/h7,9,13H,1,8H2,2-6H3/t9-,11+,12+/m0/s1. The Hall–Kier alpha value is -0.830. The van der Waals surface area contributed by atoms with Gasteiger partial charge < -0.3 is 9.84 Å². The van der Waals surface area contributed by atoms with Gasteiger partial charge >= 0.3 is 5.97 Å². The lowest BCUT2D eigenvalue weighted by Gasteiger charge is -2.43. The summed E-state index contributed by atoms with van der Waals surface area (Å²) < 4.78 is 4.78. The molecular formula is C12H22O3. The summed E-state index contributed by atoms with van der Waals surface area (Å²) in [6.45, 7) is 10.9. The zero-order valence-electron chi connectivity index (χ0n) is 10.3. The first-order valence-corrected chi connectivity index (χ1v) is 5.20. The van der Waals surface area contributed by atoms with Gasteiger partial charge in [-0.3, -0.25) is 4.79 Å². The highest BCUT2D eigenvalue weighted by Crippen LogP contribution is 2.46. The fourth-order valence-electron chi connectivity index (χ4n) is 1.82. The number of carbonyl (C=O) groups excluding carboxylic acids is 1. The minimum atomic E-state index is -0.960. The third-order valence-electron chi connectivity index (χ3n) is 3.82. The van der Waals surface area contributed by atoms with Gasteiger partial charge in [-0.15, -0.1) is 6.58 Å². The van der Waals surface area contributed by atoms with Crippen molar-refractivity contribution in [2.75, 3.05) is 7.11 Å². The fraction of sp³-hybridized carbons (Fsp3) is 0.750. The second-order valence-electron chi connectivity index (χ2n) is 4.35. The first-order chi connectivity index (χ1) is 6.80. The average Bonchev–Trinajstić information content (AvgIpc) is 2.25. The Kier molecular flexibility index (Phi) is 4.53. The summed E-state index contributed by atoms with van der Waals surface area (Å²) in [5, 5.41) is 9.82. The van der Waals surface area contributed by atoms with Crippen LogP contribution in [-0.2, 0) is 9.53 Å². The normalized spacial score (nSPS) is 20.9. The number of aliphatic hydroxyl groups is 1. The Labute approximate surface area is 92.1 Å². The highest BCUT2D eigenvalue weighted by atomic mass is 16.5. The van der Waals surface area contributed by atoms with Crippen LogP contribution in [0.2, 0.25) is 0 Å². The summed E-state index contributed by atoms with van der Waals surface area (Å²) in [6, 6.07) is 0. The minimum absolute atomic E-state index is 0.401. The number of esters is 1. The molecule has 0 radical (unpaired) electrons. The number of hydrogen-bond acceptors (Lipinski definition) is 3. The van der Waals surface area contributed by atoms with Crippen molar-refractivity contribution in [2.45, 2.75) is 40.2 Å². The van der Waals surface area contributed by atoms with Crippen molar-refractivity contribution in [1.29, 1.82) is 0 Å². The van der Waals surface area contributed by atoms with E-state index in [0.29, 0.717) is 6.42 Å². The van der Waals surface area contributed by atoms with Gasteiger partial charge in [0.05, 0.1) is 18.6 Å². The van der Waals surface area contributed by atoms with E-state index in [1.807, 2.05) is 13.8 Å². The molecule has 15 heavy (non-hydrogen) atoms. The van der Waals surface area contributed by atoms with E-state index in [0.717, 1.165) is 0 Å². The zero-order chi connectivity index (χ0) is 12.3. The molecule has 0 spiro atoms. The summed E-state index contributed by atoms with van der Waals surface area (Å²) in [5.41, 5.74) is -1.44. The largest absolute Gasteiger partial charge is 0.468 e. The van der Waals surface area contributed by atoms with E-state index >= 15 is 0 Å². The molecular weight excluding hydrogens is 192 g/mol. The van der Waals surface area contributed by atoms with Crippen LogP contribution in [-0.4, -0.2) is 24.3 Å². The molecule has 0 aromatic carbocycles. The number of methoxy groups -OCH3 is 1. The molecule has 3 atom stereocenters. The van der Waals surface area contributed by atoms with Gasteiger partial charge in [-0.1, -0.05) is 19.9 Å². The third-order valence-corrected chi connectivity index (χ3v) is 3.82. The molecule has 1 N–H and O–H groups in total. The molecule has 88 valence electrons. The molecule has 0 saturated heterocycles. The molecule has 0 aliphatic rings. The second-order valence-corrected chi connectivity index (χ2v) is 4.35. The van der Waals surface area contributed by atoms with Crippen LogP contribution in [0.15, 0.2) is 12.7 Å². The van der Waals surface area contributed by atoms with Crippen molar-refractivity contribution < 1.29 is 14.6 Å². The Bertz CT molecular complexity index is 247. The minimum Gasteiger partial charge on any atom is -0.468 e. The molecule has 0 amide bonds. The molecule has 0 aromatic rings. The van der Waals surface area contributed by atoms with Crippen molar-refractivity contribution in [3.05, 3.63) is 12.7 Å². The van der Waals surface area contributed by atoms with Crippen molar-refractivity contribution in [3.63, 3.8) is 0 Å². The molecule has 0 rings (SSSR count). The van der Waals surface area contributed by atoms with Crippen molar-refractivity contribution in [2.24, 2.45) is 10.8 Å². The van der Waals surface area contributed by atoms with Crippen LogP contribution in [0, 0.1) is 10.8 Å². The summed E-state index contributed by atoms with van der Waals surface area (Å²) in [5.74, 6) is -0.401. The van der Waals surface area contributed by atoms with Gasteiger partial charge in [-0.05, 0) is 20.3 Å². The van der Waals surface area contributed by atoms with E-state index in [9.17, 15) is 9.90 Å². The van der Waals surface area contributed by atoms with Gasteiger partial charge in [0.15, 0.2) is 0 Å². The number of hydrogen-bond donors (Lipinski definition) is 1. The van der Waals surface area contributed by atoms with Crippen LogP contribution >= 0.6 is 0 Å². The first kappa shape index (κ1) is 14.2. The molecule has 0 aliphatic carbocycles. The van der Waals surface area contributed by atoms with Gasteiger partial charge in [0.25, 0.3) is 0 Å². The summed E-state index contributed by atoms with van der Waals surface area (Å²) >= 11 is 0. The van der Waals surface area contributed by atoms with E-state index in [1.165, 1.54) is 7.11 Å². The maximum Gasteiger partial charge on any atom is 0.315 e. The smallest absolute Gasteiger partial charge is 0.315 e. The lowest BCUT2D eigenvalue weighted by Crippen LogP contribution is -2.50. The molecule has 0 heterocycles. The summed E-state index contributed by atoms with van der Waals surface area (Å²) in [4.78, 5) is 11.8. The number of carbonyl (C=O) groups is 1. The van der Waals surface area contributed by atoms with Crippen LogP contribution in [0.1, 0.15) is 34.1 Å². The summed E-state index contributed by atoms with van der Waals surface area (Å²) in [7, 11) is 1.34. The lowest BCUT2D eigenvalue weighted by molar-refractivity contribution is -0.167. The predicted octanol–water partition coefficient (Wildman–Crippen LogP) is 2.15. The molecule has 0 fully saturated rings. The van der Waals surface area contributed by atoms with Gasteiger partial charge in [0, 0.05) is 5.41 Å². The number of rotatable bonds is 5.